The van der Waals surface area contributed by atoms with Crippen LogP contribution in [0.2, 0.25) is 0 Å². The van der Waals surface area contributed by atoms with E-state index in [0.29, 0.717) is 0 Å². The normalized spacial score (nSPS) is 13.9. The van der Waals surface area contributed by atoms with Crippen molar-refractivity contribution in [1.82, 2.24) is 13.9 Å². The van der Waals surface area contributed by atoms with Gasteiger partial charge in [-0.2, -0.15) is 4.31 Å². The second kappa shape index (κ2) is 4.95. The highest BCUT2D eigenvalue weighted by Gasteiger charge is 2.31. The van der Waals surface area contributed by atoms with Crippen LogP contribution < -0.4 is 5.73 Å². The highest BCUT2D eigenvalue weighted by Crippen LogP contribution is 2.29. The molecule has 0 saturated heterocycles. The molecule has 0 aliphatic heterocycles. The van der Waals surface area contributed by atoms with Crippen LogP contribution in [0.5, 0.6) is 0 Å². The Balaban J connectivity index is 2.40. The zero-order chi connectivity index (χ0) is 14.2. The Morgan fingerprint density at radius 3 is 2.68 bits per heavy atom. The number of hydrogen-bond acceptors (Lipinski definition) is 5. The van der Waals surface area contributed by atoms with E-state index in [4.69, 9.17) is 5.73 Å². The molecular formula is C11H16N4O2S2. The monoisotopic (exact) mass is 300 g/mol. The first-order valence-corrected chi connectivity index (χ1v) is 7.96. The first-order chi connectivity index (χ1) is 8.85. The molecule has 2 aromatic rings. The number of hydrogen-bond donors (Lipinski definition) is 1. The lowest BCUT2D eigenvalue weighted by molar-refractivity contribution is 0.399. The Labute approximate surface area is 116 Å². The molecule has 0 fully saturated rings. The van der Waals surface area contributed by atoms with Gasteiger partial charge < -0.3 is 10.3 Å². The number of sulfonamides is 1. The lowest BCUT2D eigenvalue weighted by Gasteiger charge is -2.23. The number of imidazole rings is 1. The summed E-state index contributed by atoms with van der Waals surface area (Å²) in [7, 11) is -0.508. The summed E-state index contributed by atoms with van der Waals surface area (Å²) in [6.45, 7) is 1.84. The van der Waals surface area contributed by atoms with E-state index in [2.05, 4.69) is 4.98 Å². The number of aryl methyl sites for hydroxylation is 1. The van der Waals surface area contributed by atoms with Crippen LogP contribution in [-0.4, -0.2) is 29.3 Å². The van der Waals surface area contributed by atoms with Crippen LogP contribution in [0, 0.1) is 0 Å². The van der Waals surface area contributed by atoms with Gasteiger partial charge in [0, 0.05) is 19.0 Å². The minimum atomic E-state index is -3.67. The van der Waals surface area contributed by atoms with Gasteiger partial charge in [-0.15, -0.1) is 11.3 Å². The molecule has 1 unspecified atom stereocenters. The predicted octanol–water partition coefficient (Wildman–Crippen LogP) is 1.45. The van der Waals surface area contributed by atoms with Crippen molar-refractivity contribution in [2.45, 2.75) is 18.0 Å². The maximum absolute atomic E-state index is 12.6. The van der Waals surface area contributed by atoms with Crippen LogP contribution in [0.4, 0.5) is 5.82 Å². The largest absolute Gasteiger partial charge is 0.381 e. The van der Waals surface area contributed by atoms with E-state index in [1.165, 1.54) is 26.5 Å². The van der Waals surface area contributed by atoms with Crippen molar-refractivity contribution >= 4 is 27.2 Å². The van der Waals surface area contributed by atoms with Gasteiger partial charge >= 0.3 is 0 Å². The lowest BCUT2D eigenvalue weighted by atomic mass is 10.3. The van der Waals surface area contributed by atoms with Gasteiger partial charge in [0.05, 0.1) is 12.4 Å². The van der Waals surface area contributed by atoms with Crippen LogP contribution in [0.3, 0.4) is 0 Å². The molecular weight excluding hydrogens is 284 g/mol. The van der Waals surface area contributed by atoms with Gasteiger partial charge in [-0.05, 0) is 18.4 Å². The zero-order valence-electron chi connectivity index (χ0n) is 10.9. The highest BCUT2D eigenvalue weighted by atomic mass is 32.2. The summed E-state index contributed by atoms with van der Waals surface area (Å²) in [4.78, 5) is 4.80. The summed E-state index contributed by atoms with van der Waals surface area (Å²) in [5.41, 5.74) is 5.65. The van der Waals surface area contributed by atoms with Crippen LogP contribution in [0.1, 0.15) is 17.8 Å². The first kappa shape index (κ1) is 14.0. The summed E-state index contributed by atoms with van der Waals surface area (Å²) in [5, 5.41) is 1.95. The van der Waals surface area contributed by atoms with E-state index >= 15 is 0 Å². The fourth-order valence-corrected chi connectivity index (χ4v) is 4.23. The van der Waals surface area contributed by atoms with E-state index in [1.54, 1.807) is 14.1 Å². The van der Waals surface area contributed by atoms with Crippen LogP contribution in [0.25, 0.3) is 0 Å². The molecule has 0 radical (unpaired) electrons. The predicted molar refractivity (Wildman–Crippen MR) is 75.3 cm³/mol. The number of anilines is 1. The Kier molecular flexibility index (Phi) is 3.66. The number of nitrogens with zero attached hydrogens (tertiary/aromatic N) is 3. The third kappa shape index (κ3) is 2.38. The number of nitrogens with two attached hydrogens (primary N) is 1. The minimum absolute atomic E-state index is 0.0210. The Morgan fingerprint density at radius 1 is 1.53 bits per heavy atom. The van der Waals surface area contributed by atoms with Crippen LogP contribution in [0.15, 0.2) is 28.9 Å². The molecule has 8 heteroatoms. The van der Waals surface area contributed by atoms with Gasteiger partial charge in [-0.3, -0.25) is 0 Å². The van der Waals surface area contributed by atoms with E-state index in [-0.39, 0.29) is 16.9 Å². The molecule has 0 bridgehead atoms. The molecule has 6 nitrogen and oxygen atoms in total. The van der Waals surface area contributed by atoms with Crippen molar-refractivity contribution in [2.75, 3.05) is 12.8 Å². The highest BCUT2D eigenvalue weighted by molar-refractivity contribution is 7.89. The molecule has 19 heavy (non-hydrogen) atoms. The SMILES string of the molecule is CC(c1cccs1)N(C)S(=O)(=O)c1c(N)ncn1C. The van der Waals surface area contributed by atoms with Crippen molar-refractivity contribution in [3.8, 4) is 0 Å². The van der Waals surface area contributed by atoms with Gasteiger partial charge in [-0.25, -0.2) is 13.4 Å². The van der Waals surface area contributed by atoms with E-state index < -0.39 is 10.0 Å². The summed E-state index contributed by atoms with van der Waals surface area (Å²) in [6.07, 6.45) is 1.39. The Bertz CT molecular complexity index is 641. The maximum Gasteiger partial charge on any atom is 0.262 e. The molecule has 2 heterocycles. The van der Waals surface area contributed by atoms with Gasteiger partial charge in [0.15, 0.2) is 10.8 Å². The summed E-state index contributed by atoms with van der Waals surface area (Å²) in [6, 6.07) is 3.56. The summed E-state index contributed by atoms with van der Waals surface area (Å²) in [5.74, 6) is 0.0210. The molecule has 0 amide bonds. The van der Waals surface area contributed by atoms with E-state index in [1.807, 2.05) is 24.4 Å². The summed E-state index contributed by atoms with van der Waals surface area (Å²) >= 11 is 1.52. The fourth-order valence-electron chi connectivity index (χ4n) is 1.80. The molecule has 1 atom stereocenters. The number of nitrogen functional groups attached to an aromatic ring is 1. The van der Waals surface area contributed by atoms with Crippen LogP contribution >= 0.6 is 11.3 Å². The smallest absolute Gasteiger partial charge is 0.262 e. The number of thiophene rings is 1. The van der Waals surface area contributed by atoms with Crippen molar-refractivity contribution < 1.29 is 8.42 Å². The second-order valence-electron chi connectivity index (χ2n) is 4.26. The third-order valence-electron chi connectivity index (χ3n) is 3.03. The zero-order valence-corrected chi connectivity index (χ0v) is 12.6. The van der Waals surface area contributed by atoms with Gasteiger partial charge in [0.25, 0.3) is 10.0 Å². The lowest BCUT2D eigenvalue weighted by Crippen LogP contribution is -2.31. The van der Waals surface area contributed by atoms with Gasteiger partial charge in [0.1, 0.15) is 0 Å². The van der Waals surface area contributed by atoms with E-state index in [0.717, 1.165) is 4.88 Å². The number of aromatic nitrogens is 2. The Morgan fingerprint density at radius 2 is 2.21 bits per heavy atom. The van der Waals surface area contributed by atoms with Gasteiger partial charge in [-0.1, -0.05) is 6.07 Å². The molecule has 2 aromatic heterocycles. The quantitative estimate of drug-likeness (QED) is 0.926. The van der Waals surface area contributed by atoms with Crippen LogP contribution in [-0.2, 0) is 17.1 Å². The molecule has 104 valence electrons. The molecule has 0 saturated carbocycles. The molecule has 2 N–H and O–H groups in total. The molecule has 2 rings (SSSR count). The first-order valence-electron chi connectivity index (χ1n) is 5.64. The standard InChI is InChI=1S/C11H16N4O2S2/c1-8(9-5-4-6-18-9)15(3)19(16,17)11-10(12)13-7-14(11)2/h4-8H,12H2,1-3H3. The van der Waals surface area contributed by atoms with E-state index in [9.17, 15) is 8.42 Å². The Hall–Kier alpha value is -1.38. The van der Waals surface area contributed by atoms with Crippen molar-refractivity contribution in [3.63, 3.8) is 0 Å². The molecule has 0 aliphatic rings. The summed E-state index contributed by atoms with van der Waals surface area (Å²) < 4.78 is 27.9. The second-order valence-corrected chi connectivity index (χ2v) is 7.15. The maximum atomic E-state index is 12.6. The van der Waals surface area contributed by atoms with Crippen molar-refractivity contribution in [1.29, 1.82) is 0 Å². The average molecular weight is 300 g/mol. The van der Waals surface area contributed by atoms with Crippen molar-refractivity contribution in [2.24, 2.45) is 7.05 Å². The van der Waals surface area contributed by atoms with Gasteiger partial charge in [0.2, 0.25) is 0 Å². The topological polar surface area (TPSA) is 81.2 Å². The molecule has 0 aromatic carbocycles. The fraction of sp³-hybridized carbons (Fsp3) is 0.364. The average Bonchev–Trinajstić information content (AvgIpc) is 2.97. The van der Waals surface area contributed by atoms with Crippen molar-refractivity contribution in [3.05, 3.63) is 28.7 Å². The minimum Gasteiger partial charge on any atom is -0.381 e. The third-order valence-corrected chi connectivity index (χ3v) is 6.14. The molecule has 0 aliphatic carbocycles. The number of rotatable bonds is 4. The molecule has 0 spiro atoms.